The van der Waals surface area contributed by atoms with Crippen LogP contribution in [0.4, 0.5) is 13.2 Å². The number of nitrogens with zero attached hydrogens (tertiary/aromatic N) is 4. The van der Waals surface area contributed by atoms with Crippen LogP contribution >= 0.6 is 11.3 Å². The summed E-state index contributed by atoms with van der Waals surface area (Å²) in [5.41, 5.74) is 0. The van der Waals surface area contributed by atoms with Crippen LogP contribution in [0.1, 0.15) is 29.5 Å². The molecule has 98 valence electrons. The minimum absolute atomic E-state index is 0.0729. The number of amides is 1. The molecule has 0 atom stereocenters. The van der Waals surface area contributed by atoms with Gasteiger partial charge in [-0.1, -0.05) is 11.3 Å². The molecule has 0 saturated heterocycles. The maximum Gasteiger partial charge on any atom is 0.453 e. The Morgan fingerprint density at radius 2 is 2.06 bits per heavy atom. The monoisotopic (exact) mass is 279 g/mol. The summed E-state index contributed by atoms with van der Waals surface area (Å²) in [6.07, 6.45) is -4.65. The number of carbonyl (C=O) groups excluding carboxylic acids is 1. The van der Waals surface area contributed by atoms with Crippen LogP contribution in [0.5, 0.6) is 0 Å². The van der Waals surface area contributed by atoms with E-state index in [1.54, 1.807) is 13.8 Å². The van der Waals surface area contributed by atoms with E-state index in [0.29, 0.717) is 4.52 Å². The molecular formula is C8H8F3N5OS. The van der Waals surface area contributed by atoms with Crippen LogP contribution in [0.15, 0.2) is 0 Å². The molecule has 2 aromatic rings. The Balaban J connectivity index is 2.40. The topological polar surface area (TPSA) is 72.2 Å². The van der Waals surface area contributed by atoms with Gasteiger partial charge in [-0.05, 0) is 13.8 Å². The summed E-state index contributed by atoms with van der Waals surface area (Å²) in [5, 5.41) is 12.3. The highest BCUT2D eigenvalue weighted by atomic mass is 32.1. The van der Waals surface area contributed by atoms with Crippen molar-refractivity contribution in [3.8, 4) is 0 Å². The lowest BCUT2D eigenvalue weighted by Crippen LogP contribution is -2.30. The van der Waals surface area contributed by atoms with E-state index >= 15 is 0 Å². The number of rotatable bonds is 2. The summed E-state index contributed by atoms with van der Waals surface area (Å²) in [4.78, 5) is 11.5. The predicted octanol–water partition coefficient (Wildman–Crippen LogP) is 1.34. The zero-order valence-corrected chi connectivity index (χ0v) is 10.1. The highest BCUT2D eigenvalue weighted by Crippen LogP contribution is 2.28. The SMILES string of the molecule is CC(C)NC(=O)c1nn2c(C(F)(F)F)nnc2s1. The lowest BCUT2D eigenvalue weighted by Gasteiger charge is -2.04. The zero-order chi connectivity index (χ0) is 13.5. The molecule has 2 heterocycles. The number of alkyl halides is 3. The highest BCUT2D eigenvalue weighted by Gasteiger charge is 2.38. The first kappa shape index (κ1) is 12.7. The first-order chi connectivity index (χ1) is 8.29. The molecule has 0 fully saturated rings. The van der Waals surface area contributed by atoms with Gasteiger partial charge in [0.2, 0.25) is 9.97 Å². The van der Waals surface area contributed by atoms with Gasteiger partial charge in [0.25, 0.3) is 11.7 Å². The van der Waals surface area contributed by atoms with Gasteiger partial charge in [-0.15, -0.1) is 15.3 Å². The molecule has 18 heavy (non-hydrogen) atoms. The minimum atomic E-state index is -4.65. The van der Waals surface area contributed by atoms with Gasteiger partial charge in [-0.2, -0.15) is 17.7 Å². The van der Waals surface area contributed by atoms with Gasteiger partial charge in [0, 0.05) is 6.04 Å². The summed E-state index contributed by atoms with van der Waals surface area (Å²) in [6, 6.07) is -0.131. The molecule has 10 heteroatoms. The Morgan fingerprint density at radius 1 is 1.39 bits per heavy atom. The van der Waals surface area contributed by atoms with Crippen molar-refractivity contribution in [2.75, 3.05) is 0 Å². The van der Waals surface area contributed by atoms with E-state index in [2.05, 4.69) is 20.6 Å². The Hall–Kier alpha value is -1.71. The van der Waals surface area contributed by atoms with Gasteiger partial charge in [-0.3, -0.25) is 4.79 Å². The number of hydrogen-bond acceptors (Lipinski definition) is 5. The van der Waals surface area contributed by atoms with E-state index in [0.717, 1.165) is 11.3 Å². The molecule has 6 nitrogen and oxygen atoms in total. The number of halogens is 3. The summed E-state index contributed by atoms with van der Waals surface area (Å²) < 4.78 is 38.1. The first-order valence-electron chi connectivity index (χ1n) is 4.89. The fourth-order valence-corrected chi connectivity index (χ4v) is 1.95. The van der Waals surface area contributed by atoms with Crippen LogP contribution in [0.3, 0.4) is 0 Å². The average molecular weight is 279 g/mol. The van der Waals surface area contributed by atoms with E-state index in [1.807, 2.05) is 0 Å². The summed E-state index contributed by atoms with van der Waals surface area (Å²) in [6.45, 7) is 3.47. The number of aromatic nitrogens is 4. The van der Waals surface area contributed by atoms with Crippen molar-refractivity contribution in [2.24, 2.45) is 0 Å². The molecule has 0 saturated carbocycles. The molecule has 2 rings (SSSR count). The van der Waals surface area contributed by atoms with Crippen molar-refractivity contribution in [2.45, 2.75) is 26.1 Å². The smallest absolute Gasteiger partial charge is 0.348 e. The molecule has 0 radical (unpaired) electrons. The third-order valence-electron chi connectivity index (χ3n) is 1.86. The second-order valence-corrected chi connectivity index (χ2v) is 4.71. The average Bonchev–Trinajstić information content (AvgIpc) is 2.71. The van der Waals surface area contributed by atoms with Crippen LogP contribution in [0.2, 0.25) is 0 Å². The number of hydrogen-bond donors (Lipinski definition) is 1. The number of fused-ring (bicyclic) bond motifs is 1. The van der Waals surface area contributed by atoms with E-state index in [-0.39, 0.29) is 16.0 Å². The Labute approximate surface area is 103 Å². The van der Waals surface area contributed by atoms with Crippen molar-refractivity contribution >= 4 is 22.2 Å². The van der Waals surface area contributed by atoms with Gasteiger partial charge in [0.1, 0.15) is 0 Å². The molecule has 0 aromatic carbocycles. The molecule has 0 unspecified atom stereocenters. The van der Waals surface area contributed by atoms with Gasteiger partial charge >= 0.3 is 6.18 Å². The minimum Gasteiger partial charge on any atom is -0.348 e. The van der Waals surface area contributed by atoms with Crippen molar-refractivity contribution < 1.29 is 18.0 Å². The molecular weight excluding hydrogens is 271 g/mol. The third-order valence-corrected chi connectivity index (χ3v) is 2.76. The fourth-order valence-electron chi connectivity index (χ4n) is 1.21. The third kappa shape index (κ3) is 2.28. The van der Waals surface area contributed by atoms with E-state index < -0.39 is 17.9 Å². The molecule has 0 bridgehead atoms. The number of nitrogens with one attached hydrogen (secondary N) is 1. The first-order valence-corrected chi connectivity index (χ1v) is 5.71. The normalized spacial score (nSPS) is 12.3. The van der Waals surface area contributed by atoms with E-state index in [1.165, 1.54) is 0 Å². The van der Waals surface area contributed by atoms with Crippen LogP contribution in [-0.2, 0) is 6.18 Å². The lowest BCUT2D eigenvalue weighted by molar-refractivity contribution is -0.146. The van der Waals surface area contributed by atoms with Crippen molar-refractivity contribution in [1.29, 1.82) is 0 Å². The van der Waals surface area contributed by atoms with Gasteiger partial charge in [0.15, 0.2) is 0 Å². The highest BCUT2D eigenvalue weighted by molar-refractivity contribution is 7.18. The number of carbonyl (C=O) groups is 1. The zero-order valence-electron chi connectivity index (χ0n) is 9.32. The maximum absolute atomic E-state index is 12.5. The van der Waals surface area contributed by atoms with Gasteiger partial charge < -0.3 is 5.32 Å². The van der Waals surface area contributed by atoms with Crippen molar-refractivity contribution in [1.82, 2.24) is 25.1 Å². The van der Waals surface area contributed by atoms with Crippen molar-refractivity contribution in [3.63, 3.8) is 0 Å². The van der Waals surface area contributed by atoms with Crippen LogP contribution in [0, 0.1) is 0 Å². The molecule has 0 aliphatic heterocycles. The van der Waals surface area contributed by atoms with Crippen LogP contribution in [0.25, 0.3) is 4.96 Å². The molecule has 1 amide bonds. The molecule has 0 aliphatic carbocycles. The summed E-state index contributed by atoms with van der Waals surface area (Å²) in [5.74, 6) is -1.77. The Morgan fingerprint density at radius 3 is 2.61 bits per heavy atom. The van der Waals surface area contributed by atoms with Crippen molar-refractivity contribution in [3.05, 3.63) is 10.8 Å². The van der Waals surface area contributed by atoms with Gasteiger partial charge in [-0.25, -0.2) is 0 Å². The Bertz CT molecular complexity index is 587. The predicted molar refractivity (Wildman–Crippen MR) is 56.3 cm³/mol. The maximum atomic E-state index is 12.5. The lowest BCUT2D eigenvalue weighted by atomic mass is 10.4. The standard InChI is InChI=1S/C8H8F3N5OS/c1-3(2)12-4(17)5-15-16-6(8(9,10)11)13-14-7(16)18-5/h3H,1-2H3,(H,12,17). The summed E-state index contributed by atoms with van der Waals surface area (Å²) >= 11 is 0.751. The van der Waals surface area contributed by atoms with E-state index in [9.17, 15) is 18.0 Å². The molecule has 0 aliphatic rings. The van der Waals surface area contributed by atoms with Crippen LogP contribution in [-0.4, -0.2) is 31.8 Å². The fraction of sp³-hybridized carbons (Fsp3) is 0.500. The summed E-state index contributed by atoms with van der Waals surface area (Å²) in [7, 11) is 0. The van der Waals surface area contributed by atoms with E-state index in [4.69, 9.17) is 0 Å². The molecule has 0 spiro atoms. The Kier molecular flexibility index (Phi) is 2.97. The molecule has 2 aromatic heterocycles. The molecule has 1 N–H and O–H groups in total. The largest absolute Gasteiger partial charge is 0.453 e. The van der Waals surface area contributed by atoms with Crippen LogP contribution < -0.4 is 5.32 Å². The quantitative estimate of drug-likeness (QED) is 0.900. The van der Waals surface area contributed by atoms with Gasteiger partial charge in [0.05, 0.1) is 0 Å². The second kappa shape index (κ2) is 4.19. The second-order valence-electron chi connectivity index (χ2n) is 3.75.